The molecule has 20 heavy (non-hydrogen) atoms. The van der Waals surface area contributed by atoms with Crippen LogP contribution in [-0.2, 0) is 10.2 Å². The lowest BCUT2D eigenvalue weighted by molar-refractivity contribution is -0.121. The predicted octanol–water partition coefficient (Wildman–Crippen LogP) is 3.22. The number of anilines is 1. The number of carbonyl (C=O) groups excluding carboxylic acids is 1. The second-order valence-corrected chi connectivity index (χ2v) is 6.15. The molecular weight excluding hydrogens is 272 g/mol. The van der Waals surface area contributed by atoms with Crippen LogP contribution in [0.5, 0.6) is 0 Å². The summed E-state index contributed by atoms with van der Waals surface area (Å²) in [6, 6.07) is 8.23. The average Bonchev–Trinajstić information content (AvgIpc) is 2.36. The van der Waals surface area contributed by atoms with E-state index in [1.807, 2.05) is 33.2 Å². The van der Waals surface area contributed by atoms with Gasteiger partial charge in [-0.3, -0.25) is 4.79 Å². The highest BCUT2D eigenvalue weighted by Crippen LogP contribution is 2.25. The quantitative estimate of drug-likeness (QED) is 0.925. The molecule has 0 heterocycles. The number of carbonyl (C=O) groups is 1. The van der Waals surface area contributed by atoms with Crippen LogP contribution in [0.25, 0.3) is 0 Å². The number of amides is 1. The first-order valence-corrected chi connectivity index (χ1v) is 6.80. The molecule has 1 rings (SSSR count). The molecule has 1 aromatic carbocycles. The Hall–Kier alpha value is -1.06. The van der Waals surface area contributed by atoms with Crippen molar-refractivity contribution >= 4 is 24.0 Å². The molecule has 0 spiro atoms. The lowest BCUT2D eigenvalue weighted by Gasteiger charge is -2.23. The SMILES string of the molecule is CNCC(C)C(=O)N(C)c1ccc(C(C)(C)C)cc1.Cl. The number of rotatable bonds is 4. The third kappa shape index (κ3) is 4.80. The van der Waals surface area contributed by atoms with Crippen LogP contribution >= 0.6 is 12.4 Å². The topological polar surface area (TPSA) is 32.3 Å². The second-order valence-electron chi connectivity index (χ2n) is 6.15. The van der Waals surface area contributed by atoms with Crippen molar-refractivity contribution in [3.05, 3.63) is 29.8 Å². The molecule has 0 saturated carbocycles. The summed E-state index contributed by atoms with van der Waals surface area (Å²) in [5.41, 5.74) is 2.36. The summed E-state index contributed by atoms with van der Waals surface area (Å²) in [6.45, 7) is 9.20. The molecular formula is C16H27ClN2O. The van der Waals surface area contributed by atoms with Gasteiger partial charge >= 0.3 is 0 Å². The molecule has 0 bridgehead atoms. The molecule has 0 aliphatic heterocycles. The Labute approximate surface area is 129 Å². The van der Waals surface area contributed by atoms with Gasteiger partial charge in [0, 0.05) is 25.2 Å². The van der Waals surface area contributed by atoms with E-state index < -0.39 is 0 Å². The van der Waals surface area contributed by atoms with Gasteiger partial charge in [0.15, 0.2) is 0 Å². The van der Waals surface area contributed by atoms with E-state index in [-0.39, 0.29) is 29.6 Å². The summed E-state index contributed by atoms with van der Waals surface area (Å²) in [5.74, 6) is 0.121. The first-order valence-electron chi connectivity index (χ1n) is 6.80. The van der Waals surface area contributed by atoms with E-state index in [4.69, 9.17) is 0 Å². The molecule has 114 valence electrons. The number of nitrogens with one attached hydrogen (secondary N) is 1. The highest BCUT2D eigenvalue weighted by atomic mass is 35.5. The van der Waals surface area contributed by atoms with E-state index in [0.717, 1.165) is 5.69 Å². The maximum Gasteiger partial charge on any atom is 0.230 e. The van der Waals surface area contributed by atoms with Crippen LogP contribution in [-0.4, -0.2) is 26.5 Å². The number of halogens is 1. The van der Waals surface area contributed by atoms with Crippen molar-refractivity contribution in [1.82, 2.24) is 5.32 Å². The van der Waals surface area contributed by atoms with Gasteiger partial charge in [-0.25, -0.2) is 0 Å². The molecule has 0 aromatic heterocycles. The summed E-state index contributed by atoms with van der Waals surface area (Å²) in [5, 5.41) is 3.04. The third-order valence-electron chi connectivity index (χ3n) is 3.38. The van der Waals surface area contributed by atoms with Crippen molar-refractivity contribution in [3.63, 3.8) is 0 Å². The maximum absolute atomic E-state index is 12.2. The zero-order valence-corrected chi connectivity index (χ0v) is 14.2. The predicted molar refractivity (Wildman–Crippen MR) is 88.9 cm³/mol. The normalized spacial score (nSPS) is 12.5. The van der Waals surface area contributed by atoms with Crippen LogP contribution in [0.15, 0.2) is 24.3 Å². The first-order chi connectivity index (χ1) is 8.77. The summed E-state index contributed by atoms with van der Waals surface area (Å²) in [7, 11) is 3.70. The van der Waals surface area contributed by atoms with Gasteiger partial charge in [0.05, 0.1) is 0 Å². The van der Waals surface area contributed by atoms with Crippen LogP contribution in [0.3, 0.4) is 0 Å². The van der Waals surface area contributed by atoms with Gasteiger partial charge in [-0.1, -0.05) is 39.8 Å². The van der Waals surface area contributed by atoms with E-state index in [2.05, 4.69) is 38.2 Å². The van der Waals surface area contributed by atoms with Crippen LogP contribution in [0.2, 0.25) is 0 Å². The minimum absolute atomic E-state index is 0. The Morgan fingerprint density at radius 1 is 1.25 bits per heavy atom. The maximum atomic E-state index is 12.2. The van der Waals surface area contributed by atoms with Crippen molar-refractivity contribution < 1.29 is 4.79 Å². The molecule has 1 aromatic rings. The largest absolute Gasteiger partial charge is 0.319 e. The highest BCUT2D eigenvalue weighted by Gasteiger charge is 2.19. The van der Waals surface area contributed by atoms with Crippen molar-refractivity contribution in [1.29, 1.82) is 0 Å². The van der Waals surface area contributed by atoms with Gasteiger partial charge in [0.2, 0.25) is 5.91 Å². The van der Waals surface area contributed by atoms with E-state index in [0.29, 0.717) is 6.54 Å². The lowest BCUT2D eigenvalue weighted by atomic mass is 9.87. The molecule has 1 atom stereocenters. The monoisotopic (exact) mass is 298 g/mol. The fraction of sp³-hybridized carbons (Fsp3) is 0.562. The minimum Gasteiger partial charge on any atom is -0.319 e. The van der Waals surface area contributed by atoms with Gasteiger partial charge < -0.3 is 10.2 Å². The first kappa shape index (κ1) is 18.9. The van der Waals surface area contributed by atoms with Gasteiger partial charge in [0.25, 0.3) is 0 Å². The van der Waals surface area contributed by atoms with Crippen molar-refractivity contribution in [2.24, 2.45) is 5.92 Å². The molecule has 0 fully saturated rings. The molecule has 1 amide bonds. The number of hydrogen-bond acceptors (Lipinski definition) is 2. The number of nitrogens with zero attached hydrogens (tertiary/aromatic N) is 1. The van der Waals surface area contributed by atoms with E-state index in [1.54, 1.807) is 4.90 Å². The van der Waals surface area contributed by atoms with Gasteiger partial charge in [-0.2, -0.15) is 0 Å². The highest BCUT2D eigenvalue weighted by molar-refractivity contribution is 5.94. The molecule has 3 nitrogen and oxygen atoms in total. The third-order valence-corrected chi connectivity index (χ3v) is 3.38. The molecule has 0 saturated heterocycles. The summed E-state index contributed by atoms with van der Waals surface area (Å²) in [6.07, 6.45) is 0. The van der Waals surface area contributed by atoms with Crippen molar-refractivity contribution in [2.75, 3.05) is 25.5 Å². The Morgan fingerprint density at radius 2 is 1.75 bits per heavy atom. The smallest absolute Gasteiger partial charge is 0.230 e. The average molecular weight is 299 g/mol. The standard InChI is InChI=1S/C16H26N2O.ClH/c1-12(11-17-5)15(19)18(6)14-9-7-13(8-10-14)16(2,3)4;/h7-10,12,17H,11H2,1-6H3;1H. The molecule has 4 heteroatoms. The van der Waals surface area contributed by atoms with Crippen LogP contribution in [0, 0.1) is 5.92 Å². The Kier molecular flexibility index (Phi) is 7.25. The molecule has 0 aliphatic rings. The lowest BCUT2D eigenvalue weighted by Crippen LogP contribution is -2.36. The van der Waals surface area contributed by atoms with E-state index in [9.17, 15) is 4.79 Å². The molecule has 1 N–H and O–H groups in total. The molecule has 1 unspecified atom stereocenters. The Balaban J connectivity index is 0.00000361. The molecule has 0 aliphatic carbocycles. The zero-order valence-electron chi connectivity index (χ0n) is 13.4. The van der Waals surface area contributed by atoms with E-state index in [1.165, 1.54) is 5.56 Å². The van der Waals surface area contributed by atoms with Crippen LogP contribution in [0.1, 0.15) is 33.3 Å². The fourth-order valence-corrected chi connectivity index (χ4v) is 2.04. The summed E-state index contributed by atoms with van der Waals surface area (Å²) < 4.78 is 0. The van der Waals surface area contributed by atoms with E-state index >= 15 is 0 Å². The minimum atomic E-state index is -0.0164. The number of hydrogen-bond donors (Lipinski definition) is 1. The summed E-state index contributed by atoms with van der Waals surface area (Å²) in [4.78, 5) is 13.9. The zero-order chi connectivity index (χ0) is 14.6. The number of benzene rings is 1. The molecule has 0 radical (unpaired) electrons. The van der Waals surface area contributed by atoms with Gasteiger partial charge in [-0.05, 0) is 30.2 Å². The van der Waals surface area contributed by atoms with Gasteiger partial charge in [0.1, 0.15) is 0 Å². The van der Waals surface area contributed by atoms with Crippen molar-refractivity contribution in [3.8, 4) is 0 Å². The Bertz CT molecular complexity index is 423. The van der Waals surface area contributed by atoms with Crippen LogP contribution < -0.4 is 10.2 Å². The second kappa shape index (κ2) is 7.65. The fourth-order valence-electron chi connectivity index (χ4n) is 2.04. The Morgan fingerprint density at radius 3 is 2.15 bits per heavy atom. The van der Waals surface area contributed by atoms with Crippen LogP contribution in [0.4, 0.5) is 5.69 Å². The summed E-state index contributed by atoms with van der Waals surface area (Å²) >= 11 is 0. The van der Waals surface area contributed by atoms with Gasteiger partial charge in [-0.15, -0.1) is 12.4 Å². The van der Waals surface area contributed by atoms with Crippen molar-refractivity contribution in [2.45, 2.75) is 33.1 Å².